The van der Waals surface area contributed by atoms with Gasteiger partial charge < -0.3 is 19.5 Å². The molecule has 2 atom stereocenters. The average molecular weight is 464 g/mol. The second-order valence-corrected chi connectivity index (χ2v) is 7.61. The van der Waals surface area contributed by atoms with Crippen LogP contribution in [0.2, 0.25) is 0 Å². The van der Waals surface area contributed by atoms with Crippen molar-refractivity contribution in [3.8, 4) is 11.9 Å². The number of carbonyl (C=O) groups excluding carboxylic acids is 1. The third kappa shape index (κ3) is 8.72. The van der Waals surface area contributed by atoms with Crippen LogP contribution in [0, 0.1) is 17.2 Å². The molecule has 0 fully saturated rings. The van der Waals surface area contributed by atoms with Crippen LogP contribution in [0.15, 0.2) is 72.8 Å². The lowest BCUT2D eigenvalue weighted by atomic mass is 10.0. The molecule has 0 aromatic carbocycles. The van der Waals surface area contributed by atoms with Gasteiger partial charge in [0.15, 0.2) is 0 Å². The number of aromatic nitrogens is 1. The normalized spacial score (nSPS) is 17.2. The molecule has 1 N–H and O–H groups in total. The molecule has 2 heterocycles. The number of nitriles is 1. The Hall–Kier alpha value is -3.63. The summed E-state index contributed by atoms with van der Waals surface area (Å²) in [7, 11) is 0. The Morgan fingerprint density at radius 1 is 1.41 bits per heavy atom. The topological polar surface area (TPSA) is 93.5 Å². The van der Waals surface area contributed by atoms with Crippen LogP contribution in [0.3, 0.4) is 0 Å². The molecule has 7 nitrogen and oxygen atoms in total. The Morgan fingerprint density at radius 3 is 2.97 bits per heavy atom. The summed E-state index contributed by atoms with van der Waals surface area (Å²) in [5.41, 5.74) is 2.34. The summed E-state index contributed by atoms with van der Waals surface area (Å²) in [6, 6.07) is 5.64. The van der Waals surface area contributed by atoms with Gasteiger partial charge in [-0.05, 0) is 44.9 Å². The van der Waals surface area contributed by atoms with Gasteiger partial charge in [-0.2, -0.15) is 5.26 Å². The monoisotopic (exact) mass is 463 g/mol. The van der Waals surface area contributed by atoms with Gasteiger partial charge in [-0.15, -0.1) is 6.58 Å². The second-order valence-electron chi connectivity index (χ2n) is 7.61. The van der Waals surface area contributed by atoms with E-state index in [1.165, 1.54) is 0 Å². The van der Waals surface area contributed by atoms with E-state index < -0.39 is 5.92 Å². The van der Waals surface area contributed by atoms with Crippen molar-refractivity contribution < 1.29 is 19.0 Å². The van der Waals surface area contributed by atoms with E-state index in [2.05, 4.69) is 16.9 Å². The van der Waals surface area contributed by atoms with Crippen molar-refractivity contribution >= 4 is 11.5 Å². The van der Waals surface area contributed by atoms with Gasteiger partial charge >= 0.3 is 0 Å². The summed E-state index contributed by atoms with van der Waals surface area (Å²) < 4.78 is 17.1. The highest BCUT2D eigenvalue weighted by molar-refractivity contribution is 5.90. The Balaban J connectivity index is 1.88. The van der Waals surface area contributed by atoms with E-state index in [1.807, 2.05) is 56.4 Å². The first-order valence-corrected chi connectivity index (χ1v) is 11.4. The quantitative estimate of drug-likeness (QED) is 0.194. The molecule has 0 aliphatic carbocycles. The van der Waals surface area contributed by atoms with Gasteiger partial charge in [0.25, 0.3) is 0 Å². The van der Waals surface area contributed by atoms with E-state index in [9.17, 15) is 4.79 Å². The van der Waals surface area contributed by atoms with Gasteiger partial charge in [-0.3, -0.25) is 4.79 Å². The summed E-state index contributed by atoms with van der Waals surface area (Å²) in [6.45, 7) is 11.1. The van der Waals surface area contributed by atoms with E-state index in [0.29, 0.717) is 44.2 Å². The number of ether oxygens (including phenoxy) is 3. The molecule has 1 aromatic heterocycles. The number of carbonyl (C=O) groups is 1. The zero-order valence-electron chi connectivity index (χ0n) is 20.1. The smallest absolute Gasteiger partial charge is 0.245 e. The third-order valence-corrected chi connectivity index (χ3v) is 4.94. The van der Waals surface area contributed by atoms with E-state index in [0.717, 1.165) is 16.9 Å². The predicted molar refractivity (Wildman–Crippen MR) is 132 cm³/mol. The number of allylic oxidation sites excluding steroid dienone is 6. The molecule has 1 aromatic rings. The highest BCUT2D eigenvalue weighted by Gasteiger charge is 2.19. The van der Waals surface area contributed by atoms with Crippen LogP contribution >= 0.6 is 0 Å². The molecule has 1 aliphatic heterocycles. The summed E-state index contributed by atoms with van der Waals surface area (Å²) in [6.07, 6.45) is 14.1. The van der Waals surface area contributed by atoms with Crippen LogP contribution in [-0.4, -0.2) is 36.8 Å². The van der Waals surface area contributed by atoms with E-state index in [-0.39, 0.29) is 12.0 Å². The number of nitrogens with one attached hydrogen (secondary N) is 1. The summed E-state index contributed by atoms with van der Waals surface area (Å²) in [4.78, 5) is 16.3. The fraction of sp³-hybridized carbons (Fsp3) is 0.370. The average Bonchev–Trinajstić information content (AvgIpc) is 2.96. The van der Waals surface area contributed by atoms with Gasteiger partial charge in [0.1, 0.15) is 5.92 Å². The first-order valence-electron chi connectivity index (χ1n) is 11.4. The standard InChI is InChI=1S/C27H33N3O4/c1-5-9-24(11-7-10-20(3)32-6-2)33-16-8-17-34-26-18-22(14-15-29-26)25-13-12-23(19-28)27(31)30-21(25)4/h5,7,10-15,18,23-24H,1,6,8-9,16-17H2,2-4H3,(H,30,31)/b11-7?,20-10+. The van der Waals surface area contributed by atoms with Gasteiger partial charge in [-0.25, -0.2) is 4.98 Å². The summed E-state index contributed by atoms with van der Waals surface area (Å²) in [5.74, 6) is 0.200. The number of pyridine rings is 1. The predicted octanol–water partition coefficient (Wildman–Crippen LogP) is 4.87. The van der Waals surface area contributed by atoms with Gasteiger partial charge in [0, 0.05) is 30.0 Å². The molecule has 34 heavy (non-hydrogen) atoms. The zero-order chi connectivity index (χ0) is 24.8. The minimum absolute atomic E-state index is 0.0611. The fourth-order valence-electron chi connectivity index (χ4n) is 3.23. The Morgan fingerprint density at radius 2 is 2.24 bits per heavy atom. The molecule has 2 unspecified atom stereocenters. The lowest BCUT2D eigenvalue weighted by molar-refractivity contribution is -0.121. The number of rotatable bonds is 13. The number of amides is 1. The Bertz CT molecular complexity index is 1000. The molecular weight excluding hydrogens is 430 g/mol. The maximum atomic E-state index is 12.0. The van der Waals surface area contributed by atoms with Crippen LogP contribution in [0.1, 0.15) is 39.2 Å². The molecule has 1 amide bonds. The number of hydrogen-bond acceptors (Lipinski definition) is 6. The molecule has 7 heteroatoms. The van der Waals surface area contributed by atoms with Crippen LogP contribution < -0.4 is 10.1 Å². The van der Waals surface area contributed by atoms with Crippen molar-refractivity contribution in [2.45, 2.75) is 39.7 Å². The highest BCUT2D eigenvalue weighted by atomic mass is 16.5. The van der Waals surface area contributed by atoms with Crippen LogP contribution in [0.5, 0.6) is 5.88 Å². The first kappa shape index (κ1) is 26.6. The van der Waals surface area contributed by atoms with Crippen molar-refractivity contribution in [2.75, 3.05) is 19.8 Å². The minimum Gasteiger partial charge on any atom is -0.499 e. The van der Waals surface area contributed by atoms with E-state index >= 15 is 0 Å². The molecular formula is C27H33N3O4. The first-order chi connectivity index (χ1) is 16.5. The lowest BCUT2D eigenvalue weighted by Crippen LogP contribution is -2.26. The van der Waals surface area contributed by atoms with Crippen molar-refractivity contribution in [3.05, 3.63) is 78.4 Å². The van der Waals surface area contributed by atoms with Gasteiger partial charge in [0.2, 0.25) is 11.8 Å². The lowest BCUT2D eigenvalue weighted by Gasteiger charge is -2.13. The van der Waals surface area contributed by atoms with Crippen molar-refractivity contribution in [1.82, 2.24) is 10.3 Å². The number of nitrogens with zero attached hydrogens (tertiary/aromatic N) is 2. The molecule has 0 bridgehead atoms. The van der Waals surface area contributed by atoms with Crippen LogP contribution in [-0.2, 0) is 14.3 Å². The molecule has 180 valence electrons. The highest BCUT2D eigenvalue weighted by Crippen LogP contribution is 2.24. The zero-order valence-corrected chi connectivity index (χ0v) is 20.1. The largest absolute Gasteiger partial charge is 0.499 e. The molecule has 0 saturated heterocycles. The molecule has 0 saturated carbocycles. The van der Waals surface area contributed by atoms with E-state index in [1.54, 1.807) is 25.3 Å². The third-order valence-electron chi connectivity index (χ3n) is 4.94. The molecule has 2 rings (SSSR count). The Labute approximate surface area is 202 Å². The van der Waals surface area contributed by atoms with Crippen molar-refractivity contribution in [3.63, 3.8) is 0 Å². The maximum absolute atomic E-state index is 12.0. The van der Waals surface area contributed by atoms with Crippen LogP contribution in [0.25, 0.3) is 5.57 Å². The molecule has 1 aliphatic rings. The van der Waals surface area contributed by atoms with Gasteiger partial charge in [-0.1, -0.05) is 30.4 Å². The van der Waals surface area contributed by atoms with E-state index in [4.69, 9.17) is 19.5 Å². The van der Waals surface area contributed by atoms with Crippen molar-refractivity contribution in [1.29, 1.82) is 5.26 Å². The SMILES string of the molecule is C=CCC(C=C/C=C(\C)OCC)OCCCOc1cc(C2=C(C)NC(=O)C(C#N)C=C2)ccn1. The van der Waals surface area contributed by atoms with Crippen LogP contribution in [0.4, 0.5) is 0 Å². The van der Waals surface area contributed by atoms with Gasteiger partial charge in [0.05, 0.1) is 37.8 Å². The minimum atomic E-state index is -0.811. The van der Waals surface area contributed by atoms with Crippen molar-refractivity contribution in [2.24, 2.45) is 5.92 Å². The second kappa shape index (κ2) is 14.5. The maximum Gasteiger partial charge on any atom is 0.245 e. The summed E-state index contributed by atoms with van der Waals surface area (Å²) in [5, 5.41) is 11.9. The number of hydrogen-bond donors (Lipinski definition) is 1. The fourth-order valence-corrected chi connectivity index (χ4v) is 3.23. The molecule has 0 radical (unpaired) electrons. The molecule has 0 spiro atoms. The Kier molecular flexibility index (Phi) is 11.4. The summed E-state index contributed by atoms with van der Waals surface area (Å²) >= 11 is 0.